The van der Waals surface area contributed by atoms with Gasteiger partial charge in [0.2, 0.25) is 6.54 Å². The van der Waals surface area contributed by atoms with Gasteiger partial charge in [-0.15, -0.1) is 0 Å². The number of rotatable bonds is 6. The SMILES string of the molecule is COc1ccc(C(C[N+](=O)[O-])c2c(-c3ccccc3O)[nH][nH]c2=O)cc1. The number of hydrogen-bond acceptors (Lipinski definition) is 5. The first kappa shape index (κ1) is 17.3. The molecule has 0 bridgehead atoms. The number of nitrogens with zero attached hydrogens (tertiary/aromatic N) is 1. The number of para-hydroxylation sites is 1. The Hall–Kier alpha value is -3.55. The number of methoxy groups -OCH3 is 1. The number of nitro groups is 1. The van der Waals surface area contributed by atoms with Crippen molar-refractivity contribution >= 4 is 0 Å². The second-order valence-electron chi connectivity index (χ2n) is 5.73. The second kappa shape index (κ2) is 7.14. The fourth-order valence-electron chi connectivity index (χ4n) is 2.95. The molecular weight excluding hydrogens is 338 g/mol. The molecule has 1 heterocycles. The molecule has 0 aliphatic heterocycles. The number of aromatic amines is 2. The molecule has 3 N–H and O–H groups in total. The Morgan fingerprint density at radius 3 is 2.46 bits per heavy atom. The van der Waals surface area contributed by atoms with Gasteiger partial charge in [0.25, 0.3) is 5.56 Å². The Kier molecular flexibility index (Phi) is 4.74. The molecule has 0 aliphatic rings. The molecule has 1 unspecified atom stereocenters. The maximum Gasteiger partial charge on any atom is 0.268 e. The third kappa shape index (κ3) is 3.30. The van der Waals surface area contributed by atoms with Crippen LogP contribution in [0, 0.1) is 10.1 Å². The van der Waals surface area contributed by atoms with Crippen molar-refractivity contribution in [1.29, 1.82) is 0 Å². The van der Waals surface area contributed by atoms with Crippen LogP contribution < -0.4 is 10.3 Å². The zero-order valence-corrected chi connectivity index (χ0v) is 13.9. The maximum atomic E-state index is 12.4. The monoisotopic (exact) mass is 355 g/mol. The number of phenols is 1. The van der Waals surface area contributed by atoms with Crippen LogP contribution in [0.5, 0.6) is 11.5 Å². The van der Waals surface area contributed by atoms with Crippen molar-refractivity contribution in [2.45, 2.75) is 5.92 Å². The molecule has 3 rings (SSSR count). The van der Waals surface area contributed by atoms with Gasteiger partial charge in [-0.2, -0.15) is 0 Å². The van der Waals surface area contributed by atoms with Crippen LogP contribution in [0.3, 0.4) is 0 Å². The summed E-state index contributed by atoms with van der Waals surface area (Å²) in [4.78, 5) is 23.2. The van der Waals surface area contributed by atoms with Crippen molar-refractivity contribution in [3.05, 3.63) is 80.1 Å². The molecule has 2 aromatic carbocycles. The van der Waals surface area contributed by atoms with Crippen LogP contribution in [0.1, 0.15) is 17.0 Å². The summed E-state index contributed by atoms with van der Waals surface area (Å²) in [5.41, 5.74) is 1.06. The number of aromatic hydroxyl groups is 1. The summed E-state index contributed by atoms with van der Waals surface area (Å²) >= 11 is 0. The molecule has 0 aliphatic carbocycles. The number of ether oxygens (including phenoxy) is 1. The lowest BCUT2D eigenvalue weighted by atomic mass is 9.89. The van der Waals surface area contributed by atoms with Crippen LogP contribution in [0.4, 0.5) is 0 Å². The van der Waals surface area contributed by atoms with E-state index in [4.69, 9.17) is 4.74 Å². The molecule has 8 heteroatoms. The highest BCUT2D eigenvalue weighted by Gasteiger charge is 2.28. The highest BCUT2D eigenvalue weighted by Crippen LogP contribution is 2.34. The van der Waals surface area contributed by atoms with E-state index < -0.39 is 22.9 Å². The minimum absolute atomic E-state index is 0.0291. The molecule has 1 atom stereocenters. The standard InChI is InChI=1S/C18H17N3O5/c1-26-12-8-6-11(7-9-12)14(10-21(24)25)16-17(19-20-18(16)23)13-4-2-3-5-15(13)22/h2-9,14,22H,10H2,1H3,(H2,19,20,23). The first-order valence-corrected chi connectivity index (χ1v) is 7.86. The third-order valence-corrected chi connectivity index (χ3v) is 4.19. The number of hydrogen-bond donors (Lipinski definition) is 3. The molecule has 0 spiro atoms. The van der Waals surface area contributed by atoms with Crippen molar-refractivity contribution in [2.24, 2.45) is 0 Å². The summed E-state index contributed by atoms with van der Waals surface area (Å²) < 4.78 is 5.11. The van der Waals surface area contributed by atoms with Crippen LogP contribution in [0.15, 0.2) is 53.3 Å². The molecule has 134 valence electrons. The summed E-state index contributed by atoms with van der Waals surface area (Å²) in [6, 6.07) is 13.2. The van der Waals surface area contributed by atoms with Crippen molar-refractivity contribution in [2.75, 3.05) is 13.7 Å². The van der Waals surface area contributed by atoms with E-state index in [2.05, 4.69) is 10.2 Å². The lowest BCUT2D eigenvalue weighted by Gasteiger charge is -2.14. The summed E-state index contributed by atoms with van der Waals surface area (Å²) in [5.74, 6) is -0.211. The molecule has 0 fully saturated rings. The van der Waals surface area contributed by atoms with Gasteiger partial charge in [-0.3, -0.25) is 25.1 Å². The Morgan fingerprint density at radius 2 is 1.85 bits per heavy atom. The molecule has 1 aromatic heterocycles. The van der Waals surface area contributed by atoms with E-state index >= 15 is 0 Å². The van der Waals surface area contributed by atoms with Crippen molar-refractivity contribution in [3.63, 3.8) is 0 Å². The molecule has 8 nitrogen and oxygen atoms in total. The quantitative estimate of drug-likeness (QED) is 0.463. The van der Waals surface area contributed by atoms with E-state index in [-0.39, 0.29) is 11.3 Å². The second-order valence-corrected chi connectivity index (χ2v) is 5.73. The highest BCUT2D eigenvalue weighted by atomic mass is 16.6. The topological polar surface area (TPSA) is 121 Å². The van der Waals surface area contributed by atoms with E-state index in [1.165, 1.54) is 13.2 Å². The number of H-pyrrole nitrogens is 2. The normalized spacial score (nSPS) is 11.9. The van der Waals surface area contributed by atoms with Gasteiger partial charge in [0.15, 0.2) is 0 Å². The summed E-state index contributed by atoms with van der Waals surface area (Å²) in [5, 5.41) is 26.6. The highest BCUT2D eigenvalue weighted by molar-refractivity contribution is 5.70. The smallest absolute Gasteiger partial charge is 0.268 e. The van der Waals surface area contributed by atoms with Crippen LogP contribution >= 0.6 is 0 Å². The number of benzene rings is 2. The van der Waals surface area contributed by atoms with E-state index in [1.54, 1.807) is 42.5 Å². The predicted octanol–water partition coefficient (Wildman–Crippen LogP) is 2.49. The van der Waals surface area contributed by atoms with Gasteiger partial charge in [-0.05, 0) is 29.8 Å². The average Bonchev–Trinajstić information content (AvgIpc) is 3.01. The van der Waals surface area contributed by atoms with Crippen LogP contribution in [-0.4, -0.2) is 33.9 Å². The van der Waals surface area contributed by atoms with Gasteiger partial charge < -0.3 is 9.84 Å². The lowest BCUT2D eigenvalue weighted by Crippen LogP contribution is -2.20. The number of nitrogens with one attached hydrogen (secondary N) is 2. The van der Waals surface area contributed by atoms with Gasteiger partial charge in [0, 0.05) is 10.5 Å². The van der Waals surface area contributed by atoms with Crippen molar-refractivity contribution < 1.29 is 14.8 Å². The fourth-order valence-corrected chi connectivity index (χ4v) is 2.95. The van der Waals surface area contributed by atoms with Crippen LogP contribution in [0.25, 0.3) is 11.3 Å². The summed E-state index contributed by atoms with van der Waals surface area (Å²) in [7, 11) is 1.52. The molecule has 0 saturated heterocycles. The Bertz CT molecular complexity index is 975. The minimum atomic E-state index is -0.791. The minimum Gasteiger partial charge on any atom is -0.507 e. The van der Waals surface area contributed by atoms with E-state index in [9.17, 15) is 20.0 Å². The number of phenolic OH excluding ortho intramolecular Hbond substituents is 1. The zero-order chi connectivity index (χ0) is 18.7. The Morgan fingerprint density at radius 1 is 1.15 bits per heavy atom. The zero-order valence-electron chi connectivity index (χ0n) is 13.9. The molecule has 0 amide bonds. The number of aromatic nitrogens is 2. The fraction of sp³-hybridized carbons (Fsp3) is 0.167. The lowest BCUT2D eigenvalue weighted by molar-refractivity contribution is -0.481. The Labute approximate surface area is 148 Å². The van der Waals surface area contributed by atoms with E-state index in [1.807, 2.05) is 0 Å². The first-order valence-electron chi connectivity index (χ1n) is 7.86. The summed E-state index contributed by atoms with van der Waals surface area (Å²) in [6.07, 6.45) is 0. The summed E-state index contributed by atoms with van der Waals surface area (Å²) in [6.45, 7) is -0.464. The van der Waals surface area contributed by atoms with Gasteiger partial charge in [-0.25, -0.2) is 0 Å². The van der Waals surface area contributed by atoms with Gasteiger partial charge in [0.1, 0.15) is 11.5 Å². The third-order valence-electron chi connectivity index (χ3n) is 4.19. The van der Waals surface area contributed by atoms with Gasteiger partial charge >= 0.3 is 0 Å². The average molecular weight is 355 g/mol. The molecule has 3 aromatic rings. The predicted molar refractivity (Wildman–Crippen MR) is 95.2 cm³/mol. The Balaban J connectivity index is 2.16. The first-order chi connectivity index (χ1) is 12.5. The largest absolute Gasteiger partial charge is 0.507 e. The molecule has 0 saturated carbocycles. The van der Waals surface area contributed by atoms with E-state index in [0.29, 0.717) is 22.6 Å². The molecular formula is C18H17N3O5. The van der Waals surface area contributed by atoms with Crippen molar-refractivity contribution in [3.8, 4) is 22.8 Å². The van der Waals surface area contributed by atoms with Crippen molar-refractivity contribution in [1.82, 2.24) is 10.2 Å². The van der Waals surface area contributed by atoms with Crippen LogP contribution in [-0.2, 0) is 0 Å². The van der Waals surface area contributed by atoms with E-state index in [0.717, 1.165) is 0 Å². The maximum absolute atomic E-state index is 12.4. The van der Waals surface area contributed by atoms with Crippen LogP contribution in [0.2, 0.25) is 0 Å². The molecule has 0 radical (unpaired) electrons. The van der Waals surface area contributed by atoms with Gasteiger partial charge in [-0.1, -0.05) is 24.3 Å². The van der Waals surface area contributed by atoms with Gasteiger partial charge in [0.05, 0.1) is 24.3 Å². The molecule has 26 heavy (non-hydrogen) atoms.